The third kappa shape index (κ3) is 3.60. The van der Waals surface area contributed by atoms with Crippen molar-refractivity contribution >= 4 is 38.9 Å². The molecule has 0 fully saturated rings. The Morgan fingerprint density at radius 1 is 1.00 bits per heavy atom. The van der Waals surface area contributed by atoms with E-state index in [4.69, 9.17) is 5.10 Å². The van der Waals surface area contributed by atoms with E-state index in [-0.39, 0.29) is 11.5 Å². The number of nitrogens with zero attached hydrogens (tertiary/aromatic N) is 6. The maximum atomic E-state index is 14.0. The Kier molecular flexibility index (Phi) is 5.47. The first-order chi connectivity index (χ1) is 18.6. The number of amides is 1. The van der Waals surface area contributed by atoms with E-state index in [0.717, 1.165) is 52.7 Å². The van der Waals surface area contributed by atoms with E-state index in [1.54, 1.807) is 15.9 Å². The lowest BCUT2D eigenvalue weighted by molar-refractivity contribution is -0.130. The highest BCUT2D eigenvalue weighted by atomic mass is 32.1. The highest BCUT2D eigenvalue weighted by molar-refractivity contribution is 7.18. The van der Waals surface area contributed by atoms with Crippen molar-refractivity contribution in [3.8, 4) is 0 Å². The number of carbonyl (C=O) groups is 1. The van der Waals surface area contributed by atoms with E-state index in [1.807, 2.05) is 65.1 Å². The number of hydrogen-bond acceptors (Lipinski definition) is 6. The van der Waals surface area contributed by atoms with Gasteiger partial charge in [-0.25, -0.2) is 5.01 Å². The van der Waals surface area contributed by atoms with E-state index in [1.165, 1.54) is 22.4 Å². The summed E-state index contributed by atoms with van der Waals surface area (Å²) in [6.45, 7) is 1.92. The van der Waals surface area contributed by atoms with Crippen LogP contribution in [0.1, 0.15) is 59.6 Å². The van der Waals surface area contributed by atoms with Gasteiger partial charge in [-0.1, -0.05) is 60.7 Å². The van der Waals surface area contributed by atoms with Crippen molar-refractivity contribution in [2.75, 3.05) is 0 Å². The van der Waals surface area contributed by atoms with Crippen LogP contribution in [0.2, 0.25) is 0 Å². The van der Waals surface area contributed by atoms with Gasteiger partial charge in [0.05, 0.1) is 17.6 Å². The van der Waals surface area contributed by atoms with Crippen molar-refractivity contribution < 1.29 is 4.79 Å². The molecule has 0 spiro atoms. The Morgan fingerprint density at radius 2 is 1.74 bits per heavy atom. The molecule has 8 nitrogen and oxygen atoms in total. The number of aromatic nitrogens is 4. The second-order valence-electron chi connectivity index (χ2n) is 9.96. The predicted octanol–water partition coefficient (Wildman–Crippen LogP) is 4.73. The van der Waals surface area contributed by atoms with E-state index in [2.05, 4.69) is 10.2 Å². The van der Waals surface area contributed by atoms with E-state index >= 15 is 0 Å². The van der Waals surface area contributed by atoms with Crippen molar-refractivity contribution in [1.29, 1.82) is 0 Å². The second kappa shape index (κ2) is 9.02. The molecule has 1 aliphatic heterocycles. The minimum atomic E-state index is -0.414. The van der Waals surface area contributed by atoms with E-state index in [0.29, 0.717) is 24.6 Å². The number of hydrogen-bond donors (Lipinski definition) is 0. The summed E-state index contributed by atoms with van der Waals surface area (Å²) < 4.78 is 3.76. The monoisotopic (exact) mass is 522 g/mol. The quantitative estimate of drug-likeness (QED) is 0.342. The molecule has 1 atom stereocenters. The number of thiophene rings is 1. The molecule has 0 bridgehead atoms. The van der Waals surface area contributed by atoms with Crippen LogP contribution in [0.15, 0.2) is 70.6 Å². The molecule has 190 valence electrons. The standard InChI is InChI=1S/C29H26N6O2S/c1-18(36)35-23(16-22(32-35)20-12-6-3-7-13-20)26-30-31-29-33(17-19-10-4-2-5-11-19)27(37)25-21-14-8-9-15-24(21)38-28(25)34(26)29/h2-7,10-13,23H,8-9,14-17H2,1H3. The zero-order valence-electron chi connectivity index (χ0n) is 21.0. The van der Waals surface area contributed by atoms with Gasteiger partial charge in [-0.2, -0.15) is 5.10 Å². The fourth-order valence-electron chi connectivity index (χ4n) is 5.74. The minimum absolute atomic E-state index is 0.0224. The number of fused-ring (bicyclic) bond motifs is 5. The molecule has 38 heavy (non-hydrogen) atoms. The van der Waals surface area contributed by atoms with Crippen LogP contribution in [0.3, 0.4) is 0 Å². The van der Waals surface area contributed by atoms with Gasteiger partial charge in [-0.3, -0.25) is 18.6 Å². The Hall–Kier alpha value is -4.11. The smallest absolute Gasteiger partial charge is 0.264 e. The number of benzene rings is 2. The van der Waals surface area contributed by atoms with E-state index in [9.17, 15) is 9.59 Å². The second-order valence-corrected chi connectivity index (χ2v) is 11.0. The van der Waals surface area contributed by atoms with Gasteiger partial charge in [0.15, 0.2) is 5.82 Å². The SMILES string of the molecule is CC(=O)N1N=C(c2ccccc2)CC1c1nnc2n(Cc3ccccc3)c(=O)c3c4c(sc3n12)CCCC4. The summed E-state index contributed by atoms with van der Waals surface area (Å²) >= 11 is 1.67. The maximum absolute atomic E-state index is 14.0. The molecule has 0 saturated carbocycles. The lowest BCUT2D eigenvalue weighted by Gasteiger charge is -2.19. The summed E-state index contributed by atoms with van der Waals surface area (Å²) in [6, 6.07) is 19.5. The third-order valence-electron chi connectivity index (χ3n) is 7.55. The van der Waals surface area contributed by atoms with Crippen molar-refractivity contribution in [1.82, 2.24) is 24.2 Å². The molecule has 2 aromatic carbocycles. The molecule has 3 aromatic heterocycles. The fraction of sp³-hybridized carbons (Fsp3) is 0.276. The molecule has 0 saturated heterocycles. The molecule has 0 N–H and O–H groups in total. The Balaban J connectivity index is 1.45. The third-order valence-corrected chi connectivity index (χ3v) is 8.83. The Morgan fingerprint density at radius 3 is 2.50 bits per heavy atom. The van der Waals surface area contributed by atoms with Crippen LogP contribution in [0.5, 0.6) is 0 Å². The van der Waals surface area contributed by atoms with Crippen molar-refractivity contribution in [3.05, 3.63) is 98.4 Å². The zero-order chi connectivity index (χ0) is 25.8. The van der Waals surface area contributed by atoms with Gasteiger partial charge >= 0.3 is 0 Å². The molecule has 4 heterocycles. The molecule has 7 rings (SSSR count). The Labute approximate surface area is 222 Å². The zero-order valence-corrected chi connectivity index (χ0v) is 21.8. The van der Waals surface area contributed by atoms with Gasteiger partial charge in [0.25, 0.3) is 5.56 Å². The van der Waals surface area contributed by atoms with E-state index < -0.39 is 6.04 Å². The Bertz CT molecular complexity index is 1780. The molecule has 1 amide bonds. The average molecular weight is 523 g/mol. The number of aryl methyl sites for hydroxylation is 2. The lowest BCUT2D eigenvalue weighted by Crippen LogP contribution is -2.27. The lowest BCUT2D eigenvalue weighted by atomic mass is 9.97. The molecular formula is C29H26N6O2S. The molecule has 1 unspecified atom stereocenters. The molecule has 0 radical (unpaired) electrons. The van der Waals surface area contributed by atoms with Crippen LogP contribution in [-0.4, -0.2) is 35.8 Å². The number of rotatable bonds is 4. The van der Waals surface area contributed by atoms with Crippen LogP contribution < -0.4 is 5.56 Å². The molecule has 2 aliphatic rings. The van der Waals surface area contributed by atoms with Gasteiger partial charge < -0.3 is 0 Å². The van der Waals surface area contributed by atoms with Crippen LogP contribution in [0, 0.1) is 0 Å². The fourth-order valence-corrected chi connectivity index (χ4v) is 7.13. The average Bonchev–Trinajstić information content (AvgIpc) is 3.67. The summed E-state index contributed by atoms with van der Waals surface area (Å²) in [5.41, 5.74) is 3.98. The van der Waals surface area contributed by atoms with Crippen molar-refractivity contribution in [3.63, 3.8) is 0 Å². The van der Waals surface area contributed by atoms with Gasteiger partial charge in [-0.05, 0) is 42.4 Å². The van der Waals surface area contributed by atoms with Gasteiger partial charge in [0.1, 0.15) is 10.9 Å². The van der Waals surface area contributed by atoms with Gasteiger partial charge in [-0.15, -0.1) is 21.5 Å². The van der Waals surface area contributed by atoms with Crippen LogP contribution >= 0.6 is 11.3 Å². The largest absolute Gasteiger partial charge is 0.273 e. The number of hydrazone groups is 1. The van der Waals surface area contributed by atoms with Gasteiger partial charge in [0.2, 0.25) is 11.7 Å². The van der Waals surface area contributed by atoms with Crippen LogP contribution in [0.25, 0.3) is 16.0 Å². The maximum Gasteiger partial charge on any atom is 0.264 e. The normalized spacial score (nSPS) is 17.2. The minimum Gasteiger partial charge on any atom is -0.273 e. The molecule has 1 aliphatic carbocycles. The summed E-state index contributed by atoms with van der Waals surface area (Å²) in [7, 11) is 0. The van der Waals surface area contributed by atoms with Crippen LogP contribution in [0.4, 0.5) is 0 Å². The molecule has 9 heteroatoms. The first kappa shape index (κ1) is 23.0. The first-order valence-electron chi connectivity index (χ1n) is 13.0. The highest BCUT2D eigenvalue weighted by Gasteiger charge is 2.36. The van der Waals surface area contributed by atoms with Crippen LogP contribution in [-0.2, 0) is 24.2 Å². The predicted molar refractivity (Wildman–Crippen MR) is 148 cm³/mol. The highest BCUT2D eigenvalue weighted by Crippen LogP contribution is 2.38. The summed E-state index contributed by atoms with van der Waals surface area (Å²) in [5.74, 6) is 0.976. The summed E-state index contributed by atoms with van der Waals surface area (Å²) in [5, 5.41) is 16.2. The molecule has 5 aromatic rings. The summed E-state index contributed by atoms with van der Waals surface area (Å²) in [4.78, 5) is 28.9. The summed E-state index contributed by atoms with van der Waals surface area (Å²) in [6.07, 6.45) is 4.62. The van der Waals surface area contributed by atoms with Crippen molar-refractivity contribution in [2.24, 2.45) is 5.10 Å². The van der Waals surface area contributed by atoms with Gasteiger partial charge in [0, 0.05) is 18.2 Å². The first-order valence-corrected chi connectivity index (χ1v) is 13.8. The van der Waals surface area contributed by atoms with Crippen molar-refractivity contribution in [2.45, 2.75) is 51.6 Å². The molecular weight excluding hydrogens is 496 g/mol. The topological polar surface area (TPSA) is 84.9 Å². The number of carbonyl (C=O) groups excluding carboxylic acids is 1.